The highest BCUT2D eigenvalue weighted by molar-refractivity contribution is 9.10. The second-order valence-electron chi connectivity index (χ2n) is 3.98. The van der Waals surface area contributed by atoms with Gasteiger partial charge in [-0.15, -0.1) is 0 Å². The first-order valence-electron chi connectivity index (χ1n) is 5.23. The summed E-state index contributed by atoms with van der Waals surface area (Å²) in [6.07, 6.45) is 4.01. The van der Waals surface area contributed by atoms with E-state index in [1.54, 1.807) is 18.6 Å². The molecule has 0 fully saturated rings. The van der Waals surface area contributed by atoms with E-state index in [0.717, 1.165) is 15.7 Å². The maximum Gasteiger partial charge on any atom is 0.123 e. The Morgan fingerprint density at radius 2 is 2.29 bits per heavy atom. The third kappa shape index (κ3) is 2.73. The van der Waals surface area contributed by atoms with Gasteiger partial charge in [-0.05, 0) is 30.2 Å². The van der Waals surface area contributed by atoms with Gasteiger partial charge < -0.3 is 10.3 Å². The molecule has 5 heteroatoms. The molecule has 1 unspecified atom stereocenters. The number of benzene rings is 1. The smallest absolute Gasteiger partial charge is 0.123 e. The molecule has 0 radical (unpaired) electrons. The van der Waals surface area contributed by atoms with Crippen molar-refractivity contribution < 1.29 is 4.39 Å². The summed E-state index contributed by atoms with van der Waals surface area (Å²) < 4.78 is 15.9. The van der Waals surface area contributed by atoms with Crippen LogP contribution < -0.4 is 5.73 Å². The number of hydrogen-bond donors (Lipinski definition) is 1. The summed E-state index contributed by atoms with van der Waals surface area (Å²) in [6.45, 7) is 0. The Bertz CT molecular complexity index is 524. The molecule has 2 N–H and O–H groups in total. The van der Waals surface area contributed by atoms with Crippen LogP contribution in [-0.2, 0) is 13.5 Å². The summed E-state index contributed by atoms with van der Waals surface area (Å²) in [5.41, 5.74) is 7.88. The van der Waals surface area contributed by atoms with Crippen molar-refractivity contribution in [3.8, 4) is 0 Å². The van der Waals surface area contributed by atoms with E-state index in [1.807, 2.05) is 11.6 Å². The minimum atomic E-state index is -0.250. The summed E-state index contributed by atoms with van der Waals surface area (Å²) >= 11 is 3.40. The summed E-state index contributed by atoms with van der Waals surface area (Å²) in [7, 11) is 1.89. The molecule has 0 bridgehead atoms. The van der Waals surface area contributed by atoms with Crippen molar-refractivity contribution >= 4 is 15.9 Å². The largest absolute Gasteiger partial charge is 0.336 e. The van der Waals surface area contributed by atoms with E-state index in [-0.39, 0.29) is 11.9 Å². The lowest BCUT2D eigenvalue weighted by molar-refractivity contribution is 0.616. The predicted molar refractivity (Wildman–Crippen MR) is 67.9 cm³/mol. The van der Waals surface area contributed by atoms with E-state index in [9.17, 15) is 4.39 Å². The summed E-state index contributed by atoms with van der Waals surface area (Å²) in [4.78, 5) is 4.02. The fourth-order valence-corrected chi connectivity index (χ4v) is 2.17. The van der Waals surface area contributed by atoms with E-state index in [4.69, 9.17) is 5.73 Å². The van der Waals surface area contributed by atoms with Gasteiger partial charge in [-0.1, -0.05) is 15.9 Å². The van der Waals surface area contributed by atoms with Gasteiger partial charge in [0.1, 0.15) is 5.82 Å². The van der Waals surface area contributed by atoms with Crippen molar-refractivity contribution in [2.24, 2.45) is 12.8 Å². The van der Waals surface area contributed by atoms with Crippen LogP contribution in [0.2, 0.25) is 0 Å². The molecule has 0 aliphatic rings. The molecule has 0 aliphatic heterocycles. The molecule has 2 aromatic rings. The minimum absolute atomic E-state index is 0.194. The molecule has 1 aromatic carbocycles. The number of halogens is 2. The first-order chi connectivity index (χ1) is 8.08. The van der Waals surface area contributed by atoms with Crippen LogP contribution in [0.4, 0.5) is 4.39 Å². The van der Waals surface area contributed by atoms with E-state index >= 15 is 0 Å². The standard InChI is InChI=1S/C12H13BrFN3/c1-17-7-16-6-12(17)11(15)5-8-4-9(14)2-3-10(8)13/h2-4,6-7,11H,5,15H2,1H3. The number of nitrogens with two attached hydrogens (primary N) is 1. The second kappa shape index (κ2) is 4.98. The molecule has 0 saturated carbocycles. The van der Waals surface area contributed by atoms with Crippen molar-refractivity contribution in [3.05, 3.63) is 52.3 Å². The Hall–Kier alpha value is -1.20. The molecule has 1 heterocycles. The van der Waals surface area contributed by atoms with Gasteiger partial charge in [0.05, 0.1) is 18.1 Å². The van der Waals surface area contributed by atoms with E-state index in [0.29, 0.717) is 6.42 Å². The van der Waals surface area contributed by atoms with Gasteiger partial charge in [0.2, 0.25) is 0 Å². The number of aromatic nitrogens is 2. The Morgan fingerprint density at radius 3 is 2.94 bits per heavy atom. The average Bonchev–Trinajstić information content (AvgIpc) is 2.70. The monoisotopic (exact) mass is 297 g/mol. The number of rotatable bonds is 3. The van der Waals surface area contributed by atoms with Crippen LogP contribution in [0.3, 0.4) is 0 Å². The normalized spacial score (nSPS) is 12.7. The van der Waals surface area contributed by atoms with Crippen LogP contribution in [0, 0.1) is 5.82 Å². The highest BCUT2D eigenvalue weighted by Crippen LogP contribution is 2.23. The van der Waals surface area contributed by atoms with Gasteiger partial charge in [-0.2, -0.15) is 0 Å². The summed E-state index contributed by atoms with van der Waals surface area (Å²) in [5, 5.41) is 0. The molecule has 1 aromatic heterocycles. The van der Waals surface area contributed by atoms with Crippen molar-refractivity contribution in [2.45, 2.75) is 12.5 Å². The van der Waals surface area contributed by atoms with Crippen molar-refractivity contribution in [3.63, 3.8) is 0 Å². The summed E-state index contributed by atoms with van der Waals surface area (Å²) in [5.74, 6) is -0.250. The zero-order valence-electron chi connectivity index (χ0n) is 9.40. The Kier molecular flexibility index (Phi) is 3.59. The van der Waals surface area contributed by atoms with Crippen LogP contribution in [-0.4, -0.2) is 9.55 Å². The molecule has 0 amide bonds. The highest BCUT2D eigenvalue weighted by atomic mass is 79.9. The fourth-order valence-electron chi connectivity index (χ4n) is 1.77. The van der Waals surface area contributed by atoms with Gasteiger partial charge in [0.25, 0.3) is 0 Å². The lowest BCUT2D eigenvalue weighted by Gasteiger charge is -2.13. The maximum atomic E-state index is 13.1. The van der Waals surface area contributed by atoms with Crippen molar-refractivity contribution in [1.29, 1.82) is 0 Å². The lowest BCUT2D eigenvalue weighted by Crippen LogP contribution is -2.16. The van der Waals surface area contributed by atoms with E-state index < -0.39 is 0 Å². The quantitative estimate of drug-likeness (QED) is 0.946. The van der Waals surface area contributed by atoms with Crippen LogP contribution in [0.1, 0.15) is 17.3 Å². The fraction of sp³-hybridized carbons (Fsp3) is 0.250. The van der Waals surface area contributed by atoms with Gasteiger partial charge in [-0.3, -0.25) is 0 Å². The zero-order chi connectivity index (χ0) is 12.4. The predicted octanol–water partition coefficient (Wildman–Crippen LogP) is 2.56. The molecular formula is C12H13BrFN3. The molecule has 0 saturated heterocycles. The summed E-state index contributed by atoms with van der Waals surface area (Å²) in [6, 6.07) is 4.42. The first-order valence-corrected chi connectivity index (χ1v) is 6.03. The number of nitrogens with zero attached hydrogens (tertiary/aromatic N) is 2. The molecule has 3 nitrogen and oxygen atoms in total. The van der Waals surface area contributed by atoms with Crippen LogP contribution >= 0.6 is 15.9 Å². The molecule has 2 rings (SSSR count). The van der Waals surface area contributed by atoms with Gasteiger partial charge in [0.15, 0.2) is 0 Å². The van der Waals surface area contributed by atoms with Gasteiger partial charge in [-0.25, -0.2) is 9.37 Å². The van der Waals surface area contributed by atoms with Gasteiger partial charge >= 0.3 is 0 Å². The Labute approximate surface area is 108 Å². The van der Waals surface area contributed by atoms with Crippen molar-refractivity contribution in [1.82, 2.24) is 9.55 Å². The average molecular weight is 298 g/mol. The molecule has 17 heavy (non-hydrogen) atoms. The van der Waals surface area contributed by atoms with E-state index in [2.05, 4.69) is 20.9 Å². The second-order valence-corrected chi connectivity index (χ2v) is 4.83. The lowest BCUT2D eigenvalue weighted by atomic mass is 10.0. The number of imidazole rings is 1. The zero-order valence-corrected chi connectivity index (χ0v) is 11.0. The Balaban J connectivity index is 2.21. The van der Waals surface area contributed by atoms with Crippen LogP contribution in [0.15, 0.2) is 35.2 Å². The first kappa shape index (κ1) is 12.3. The topological polar surface area (TPSA) is 43.8 Å². The molecule has 90 valence electrons. The maximum absolute atomic E-state index is 13.1. The highest BCUT2D eigenvalue weighted by Gasteiger charge is 2.12. The van der Waals surface area contributed by atoms with Crippen LogP contribution in [0.5, 0.6) is 0 Å². The number of aryl methyl sites for hydroxylation is 1. The third-order valence-corrected chi connectivity index (χ3v) is 3.46. The van der Waals surface area contributed by atoms with E-state index in [1.165, 1.54) is 12.1 Å². The van der Waals surface area contributed by atoms with Crippen molar-refractivity contribution in [2.75, 3.05) is 0 Å². The molecule has 0 aliphatic carbocycles. The third-order valence-electron chi connectivity index (χ3n) is 2.68. The molecule has 0 spiro atoms. The molecule has 1 atom stereocenters. The van der Waals surface area contributed by atoms with Gasteiger partial charge in [0, 0.05) is 17.7 Å². The molecular weight excluding hydrogens is 285 g/mol. The minimum Gasteiger partial charge on any atom is -0.336 e. The van der Waals surface area contributed by atoms with Crippen LogP contribution in [0.25, 0.3) is 0 Å². The SMILES string of the molecule is Cn1cncc1C(N)Cc1cc(F)ccc1Br. The Morgan fingerprint density at radius 1 is 1.53 bits per heavy atom. The number of hydrogen-bond acceptors (Lipinski definition) is 2.